The first-order valence-electron chi connectivity index (χ1n) is 6.44. The van der Waals surface area contributed by atoms with Crippen molar-refractivity contribution >= 4 is 27.5 Å². The van der Waals surface area contributed by atoms with E-state index in [1.54, 1.807) is 32.2 Å². The molecule has 1 N–H and O–H groups in total. The van der Waals surface area contributed by atoms with E-state index in [2.05, 4.69) is 15.9 Å². The van der Waals surface area contributed by atoms with Crippen LogP contribution in [-0.2, 0) is 6.61 Å². The molecule has 112 valence electrons. The number of aliphatic hydroxyl groups is 1. The number of hydrogen-bond acceptors (Lipinski definition) is 3. The molecule has 0 amide bonds. The second kappa shape index (κ2) is 7.16. The largest absolute Gasteiger partial charge is 0.497 e. The quantitative estimate of drug-likeness (QED) is 0.825. The number of hydrogen-bond donors (Lipinski definition) is 1. The van der Waals surface area contributed by atoms with Gasteiger partial charge in [-0.1, -0.05) is 33.6 Å². The van der Waals surface area contributed by atoms with E-state index >= 15 is 0 Å². The van der Waals surface area contributed by atoms with E-state index in [0.717, 1.165) is 21.3 Å². The molecule has 0 spiro atoms. The predicted molar refractivity (Wildman–Crippen MR) is 87.1 cm³/mol. The standard InChI is InChI=1S/C16H16BrClO3/c1-10(19)11-3-6-16(15(18)8-11)21-9-12-7-13(20-2)4-5-14(12)17/h3-8,10,19H,9H2,1-2H3/t10-/m0/s1. The molecule has 2 aromatic carbocycles. The van der Waals surface area contributed by atoms with Crippen LogP contribution in [0.2, 0.25) is 5.02 Å². The predicted octanol–water partition coefficient (Wildman–Crippen LogP) is 4.74. The Labute approximate surface area is 137 Å². The van der Waals surface area contributed by atoms with E-state index in [-0.39, 0.29) is 0 Å². The van der Waals surface area contributed by atoms with Gasteiger partial charge in [0.2, 0.25) is 0 Å². The lowest BCUT2D eigenvalue weighted by molar-refractivity contribution is 0.199. The lowest BCUT2D eigenvalue weighted by Crippen LogP contribution is -1.99. The van der Waals surface area contributed by atoms with Crippen LogP contribution in [0, 0.1) is 0 Å². The molecular formula is C16H16BrClO3. The minimum atomic E-state index is -0.552. The number of halogens is 2. The van der Waals surface area contributed by atoms with E-state index in [0.29, 0.717) is 17.4 Å². The lowest BCUT2D eigenvalue weighted by Gasteiger charge is -2.12. The molecule has 0 aliphatic rings. The molecule has 5 heteroatoms. The first kappa shape index (κ1) is 16.1. The Morgan fingerprint density at radius 1 is 1.24 bits per heavy atom. The van der Waals surface area contributed by atoms with Gasteiger partial charge < -0.3 is 14.6 Å². The maximum Gasteiger partial charge on any atom is 0.138 e. The Bertz CT molecular complexity index is 629. The fourth-order valence-electron chi connectivity index (χ4n) is 1.84. The van der Waals surface area contributed by atoms with Gasteiger partial charge in [0.25, 0.3) is 0 Å². The average Bonchev–Trinajstić information content (AvgIpc) is 2.47. The maximum atomic E-state index is 9.52. The Kier molecular flexibility index (Phi) is 5.51. The Balaban J connectivity index is 2.13. The third-order valence-corrected chi connectivity index (χ3v) is 4.14. The number of benzene rings is 2. The van der Waals surface area contributed by atoms with Gasteiger partial charge in [-0.25, -0.2) is 0 Å². The second-order valence-corrected chi connectivity index (χ2v) is 5.87. The topological polar surface area (TPSA) is 38.7 Å². The summed E-state index contributed by atoms with van der Waals surface area (Å²) < 4.78 is 11.9. The number of rotatable bonds is 5. The Morgan fingerprint density at radius 3 is 2.62 bits per heavy atom. The molecule has 3 nitrogen and oxygen atoms in total. The minimum absolute atomic E-state index is 0.367. The van der Waals surface area contributed by atoms with Crippen LogP contribution in [0.3, 0.4) is 0 Å². The average molecular weight is 372 g/mol. The molecule has 1 atom stereocenters. The summed E-state index contributed by atoms with van der Waals surface area (Å²) in [5.74, 6) is 1.35. The van der Waals surface area contributed by atoms with Gasteiger partial charge in [-0.2, -0.15) is 0 Å². The molecule has 0 aromatic heterocycles. The van der Waals surface area contributed by atoms with Crippen molar-refractivity contribution in [3.63, 3.8) is 0 Å². The molecule has 0 saturated carbocycles. The summed E-state index contributed by atoms with van der Waals surface area (Å²) in [7, 11) is 1.62. The van der Waals surface area contributed by atoms with Gasteiger partial charge in [-0.3, -0.25) is 0 Å². The SMILES string of the molecule is COc1ccc(Br)c(COc2ccc([C@H](C)O)cc2Cl)c1. The van der Waals surface area contributed by atoms with Crippen LogP contribution >= 0.6 is 27.5 Å². The summed E-state index contributed by atoms with van der Waals surface area (Å²) in [6.45, 7) is 2.06. The summed E-state index contributed by atoms with van der Waals surface area (Å²) >= 11 is 9.65. The third kappa shape index (κ3) is 4.13. The van der Waals surface area contributed by atoms with Crippen molar-refractivity contribution in [2.24, 2.45) is 0 Å². The van der Waals surface area contributed by atoms with Crippen LogP contribution < -0.4 is 9.47 Å². The third-order valence-electron chi connectivity index (χ3n) is 3.07. The van der Waals surface area contributed by atoms with Crippen LogP contribution in [0.5, 0.6) is 11.5 Å². The molecule has 0 unspecified atom stereocenters. The van der Waals surface area contributed by atoms with Crippen LogP contribution in [0.1, 0.15) is 24.2 Å². The van der Waals surface area contributed by atoms with Crippen molar-refractivity contribution in [1.82, 2.24) is 0 Å². The van der Waals surface area contributed by atoms with Crippen molar-refractivity contribution in [1.29, 1.82) is 0 Å². The fourth-order valence-corrected chi connectivity index (χ4v) is 2.44. The maximum absolute atomic E-state index is 9.52. The van der Waals surface area contributed by atoms with Crippen LogP contribution in [0.4, 0.5) is 0 Å². The molecule has 0 bridgehead atoms. The van der Waals surface area contributed by atoms with Gasteiger partial charge in [0.15, 0.2) is 0 Å². The van der Waals surface area contributed by atoms with E-state index in [9.17, 15) is 5.11 Å². The number of aliphatic hydroxyl groups excluding tert-OH is 1. The highest BCUT2D eigenvalue weighted by molar-refractivity contribution is 9.10. The molecule has 2 aromatic rings. The molecule has 0 heterocycles. The smallest absolute Gasteiger partial charge is 0.138 e. The van der Waals surface area contributed by atoms with Crippen molar-refractivity contribution in [3.05, 3.63) is 57.0 Å². The normalized spacial score (nSPS) is 12.0. The molecule has 0 radical (unpaired) electrons. The van der Waals surface area contributed by atoms with Gasteiger partial charge >= 0.3 is 0 Å². The summed E-state index contributed by atoms with van der Waals surface area (Å²) in [5, 5.41) is 10.0. The zero-order chi connectivity index (χ0) is 15.4. The zero-order valence-corrected chi connectivity index (χ0v) is 14.1. The number of ether oxygens (including phenoxy) is 2. The van der Waals surface area contributed by atoms with E-state index in [1.807, 2.05) is 18.2 Å². The number of methoxy groups -OCH3 is 1. The minimum Gasteiger partial charge on any atom is -0.497 e. The second-order valence-electron chi connectivity index (χ2n) is 4.61. The summed E-state index contributed by atoms with van der Waals surface area (Å²) in [6.07, 6.45) is -0.552. The van der Waals surface area contributed by atoms with Crippen molar-refractivity contribution in [3.8, 4) is 11.5 Å². The van der Waals surface area contributed by atoms with Crippen molar-refractivity contribution in [2.45, 2.75) is 19.6 Å². The summed E-state index contributed by atoms with van der Waals surface area (Å²) in [4.78, 5) is 0. The van der Waals surface area contributed by atoms with E-state index in [4.69, 9.17) is 21.1 Å². The molecule has 0 aliphatic heterocycles. The first-order valence-corrected chi connectivity index (χ1v) is 7.61. The summed E-state index contributed by atoms with van der Waals surface area (Å²) in [6, 6.07) is 11.0. The highest BCUT2D eigenvalue weighted by atomic mass is 79.9. The summed E-state index contributed by atoms with van der Waals surface area (Å²) in [5.41, 5.74) is 1.72. The highest BCUT2D eigenvalue weighted by Crippen LogP contribution is 2.30. The van der Waals surface area contributed by atoms with Crippen molar-refractivity contribution in [2.75, 3.05) is 7.11 Å². The Hall–Kier alpha value is -1.23. The van der Waals surface area contributed by atoms with Crippen LogP contribution in [-0.4, -0.2) is 12.2 Å². The van der Waals surface area contributed by atoms with Gasteiger partial charge in [-0.15, -0.1) is 0 Å². The Morgan fingerprint density at radius 2 is 2.00 bits per heavy atom. The molecular weight excluding hydrogens is 356 g/mol. The molecule has 0 aliphatic carbocycles. The van der Waals surface area contributed by atoms with Gasteiger partial charge in [0.1, 0.15) is 18.1 Å². The van der Waals surface area contributed by atoms with Crippen LogP contribution in [0.25, 0.3) is 0 Å². The van der Waals surface area contributed by atoms with E-state index in [1.165, 1.54) is 0 Å². The lowest BCUT2D eigenvalue weighted by atomic mass is 10.1. The first-order chi connectivity index (χ1) is 10.0. The molecule has 2 rings (SSSR count). The monoisotopic (exact) mass is 370 g/mol. The molecule has 0 saturated heterocycles. The van der Waals surface area contributed by atoms with Crippen molar-refractivity contribution < 1.29 is 14.6 Å². The van der Waals surface area contributed by atoms with Gasteiger partial charge in [0.05, 0.1) is 18.2 Å². The van der Waals surface area contributed by atoms with Crippen LogP contribution in [0.15, 0.2) is 40.9 Å². The fraction of sp³-hybridized carbons (Fsp3) is 0.250. The zero-order valence-electron chi connectivity index (χ0n) is 11.8. The van der Waals surface area contributed by atoms with Gasteiger partial charge in [-0.05, 0) is 42.8 Å². The van der Waals surface area contributed by atoms with E-state index < -0.39 is 6.10 Å². The highest BCUT2D eigenvalue weighted by Gasteiger charge is 2.08. The molecule has 0 fully saturated rings. The van der Waals surface area contributed by atoms with Gasteiger partial charge in [0, 0.05) is 10.0 Å². The molecule has 21 heavy (non-hydrogen) atoms.